The molecule has 0 saturated heterocycles. The average molecular weight is 377 g/mol. The lowest BCUT2D eigenvalue weighted by atomic mass is 10.2. The average Bonchev–Trinajstić information content (AvgIpc) is 2.47. The quantitative estimate of drug-likeness (QED) is 0.830. The number of amides is 1. The molecule has 0 heterocycles. The minimum atomic E-state index is -4.86. The summed E-state index contributed by atoms with van der Waals surface area (Å²) in [7, 11) is -3.73. The molecule has 0 unspecified atom stereocenters. The third kappa shape index (κ3) is 5.18. The molecule has 5 nitrogen and oxygen atoms in total. The topological polar surface area (TPSA) is 72.5 Å². The number of hydrogen-bond donors (Lipinski definition) is 1. The van der Waals surface area contributed by atoms with Crippen LogP contribution in [-0.4, -0.2) is 20.6 Å². The van der Waals surface area contributed by atoms with Crippen LogP contribution in [0.4, 0.5) is 17.6 Å². The Hall–Kier alpha value is -2.62. The number of nitrogens with one attached hydrogen (secondary N) is 1. The lowest BCUT2D eigenvalue weighted by molar-refractivity contribution is -0.140. The van der Waals surface area contributed by atoms with E-state index < -0.39 is 33.5 Å². The fraction of sp³-hybridized carbons (Fsp3) is 0.133. The molecule has 0 bridgehead atoms. The summed E-state index contributed by atoms with van der Waals surface area (Å²) in [6.07, 6.45) is -4.05. The van der Waals surface area contributed by atoms with Gasteiger partial charge in [0.15, 0.2) is 0 Å². The summed E-state index contributed by atoms with van der Waals surface area (Å²) in [5.74, 6) is -2.46. The standard InChI is InChI=1S/C15H11F4NO4S/c1-25(22,23)20-14(21)9-2-4-10(5-3-9)24-11-6-7-13(16)12(8-11)15(17,18)19/h2-8H,1H3,(H,20,21). The normalized spacial score (nSPS) is 11.9. The van der Waals surface area contributed by atoms with E-state index in [9.17, 15) is 30.8 Å². The number of carbonyl (C=O) groups excluding carboxylic acids is 1. The van der Waals surface area contributed by atoms with Gasteiger partial charge in [-0.3, -0.25) is 4.79 Å². The summed E-state index contributed by atoms with van der Waals surface area (Å²) >= 11 is 0. The van der Waals surface area contributed by atoms with Crippen LogP contribution < -0.4 is 9.46 Å². The van der Waals surface area contributed by atoms with Crippen molar-refractivity contribution in [1.29, 1.82) is 0 Å². The van der Waals surface area contributed by atoms with Crippen LogP contribution in [0.1, 0.15) is 15.9 Å². The molecule has 10 heteroatoms. The summed E-state index contributed by atoms with van der Waals surface area (Å²) in [5.41, 5.74) is -1.46. The minimum absolute atomic E-state index is 0.00728. The first-order chi connectivity index (χ1) is 11.5. The lowest BCUT2D eigenvalue weighted by Crippen LogP contribution is -2.29. The Labute approximate surface area is 140 Å². The third-order valence-corrected chi connectivity index (χ3v) is 3.43. The molecular weight excluding hydrogens is 366 g/mol. The molecule has 1 amide bonds. The van der Waals surface area contributed by atoms with E-state index in [1.165, 1.54) is 24.3 Å². The molecule has 2 aromatic rings. The predicted molar refractivity (Wildman–Crippen MR) is 80.2 cm³/mol. The van der Waals surface area contributed by atoms with Crippen molar-refractivity contribution in [3.63, 3.8) is 0 Å². The molecule has 0 atom stereocenters. The van der Waals surface area contributed by atoms with E-state index in [1.807, 2.05) is 0 Å². The van der Waals surface area contributed by atoms with Crippen molar-refractivity contribution in [2.75, 3.05) is 6.26 Å². The van der Waals surface area contributed by atoms with E-state index in [-0.39, 0.29) is 17.1 Å². The summed E-state index contributed by atoms with van der Waals surface area (Å²) in [6.45, 7) is 0. The Morgan fingerprint density at radius 3 is 2.12 bits per heavy atom. The number of benzene rings is 2. The van der Waals surface area contributed by atoms with Crippen LogP contribution in [0.25, 0.3) is 0 Å². The number of alkyl halides is 3. The van der Waals surface area contributed by atoms with Gasteiger partial charge in [0.2, 0.25) is 10.0 Å². The fourth-order valence-corrected chi connectivity index (χ4v) is 2.28. The molecule has 0 fully saturated rings. The van der Waals surface area contributed by atoms with Crippen molar-refractivity contribution in [3.8, 4) is 11.5 Å². The van der Waals surface area contributed by atoms with Crippen LogP contribution in [0.3, 0.4) is 0 Å². The van der Waals surface area contributed by atoms with Gasteiger partial charge in [-0.2, -0.15) is 13.2 Å². The molecule has 0 radical (unpaired) electrons. The second kappa shape index (κ2) is 6.71. The zero-order valence-corrected chi connectivity index (χ0v) is 13.4. The van der Waals surface area contributed by atoms with Gasteiger partial charge in [0.25, 0.3) is 5.91 Å². The largest absolute Gasteiger partial charge is 0.457 e. The van der Waals surface area contributed by atoms with E-state index in [0.29, 0.717) is 12.1 Å². The highest BCUT2D eigenvalue weighted by Crippen LogP contribution is 2.34. The van der Waals surface area contributed by atoms with Crippen LogP contribution >= 0.6 is 0 Å². The van der Waals surface area contributed by atoms with E-state index in [0.717, 1.165) is 12.3 Å². The maximum absolute atomic E-state index is 13.2. The zero-order chi connectivity index (χ0) is 18.8. The van der Waals surface area contributed by atoms with Gasteiger partial charge < -0.3 is 4.74 Å². The van der Waals surface area contributed by atoms with Crippen LogP contribution in [0.5, 0.6) is 11.5 Å². The number of sulfonamides is 1. The first-order valence-corrected chi connectivity index (χ1v) is 8.51. The molecule has 134 valence electrons. The monoisotopic (exact) mass is 377 g/mol. The van der Waals surface area contributed by atoms with Gasteiger partial charge in [-0.1, -0.05) is 0 Å². The van der Waals surface area contributed by atoms with Crippen molar-refractivity contribution >= 4 is 15.9 Å². The smallest absolute Gasteiger partial charge is 0.419 e. The highest BCUT2D eigenvalue weighted by molar-refractivity contribution is 7.89. The summed E-state index contributed by atoms with van der Waals surface area (Å²) in [4.78, 5) is 11.6. The first kappa shape index (κ1) is 18.7. The number of ether oxygens (including phenoxy) is 1. The highest BCUT2D eigenvalue weighted by Gasteiger charge is 2.34. The molecule has 0 spiro atoms. The first-order valence-electron chi connectivity index (χ1n) is 6.62. The molecule has 0 aliphatic heterocycles. The second-order valence-corrected chi connectivity index (χ2v) is 6.72. The molecule has 25 heavy (non-hydrogen) atoms. The molecule has 1 N–H and O–H groups in total. The van der Waals surface area contributed by atoms with Crippen molar-refractivity contribution in [3.05, 3.63) is 59.4 Å². The van der Waals surface area contributed by atoms with E-state index in [2.05, 4.69) is 0 Å². The van der Waals surface area contributed by atoms with Gasteiger partial charge in [0.05, 0.1) is 11.8 Å². The van der Waals surface area contributed by atoms with Crippen LogP contribution in [-0.2, 0) is 16.2 Å². The van der Waals surface area contributed by atoms with Gasteiger partial charge in [-0.25, -0.2) is 17.5 Å². The lowest BCUT2D eigenvalue weighted by Gasteiger charge is -2.11. The summed E-state index contributed by atoms with van der Waals surface area (Å²) < 4.78 is 80.1. The van der Waals surface area contributed by atoms with Crippen molar-refractivity contribution in [2.45, 2.75) is 6.18 Å². The molecule has 2 aromatic carbocycles. The summed E-state index contributed by atoms with van der Waals surface area (Å²) in [6, 6.07) is 7.14. The van der Waals surface area contributed by atoms with Crippen LogP contribution in [0.15, 0.2) is 42.5 Å². The van der Waals surface area contributed by atoms with E-state index in [4.69, 9.17) is 4.74 Å². The Bertz CT molecular complexity index is 893. The van der Waals surface area contributed by atoms with Gasteiger partial charge >= 0.3 is 6.18 Å². The van der Waals surface area contributed by atoms with Gasteiger partial charge in [0, 0.05) is 5.56 Å². The molecular formula is C15H11F4NO4S. The van der Waals surface area contributed by atoms with Gasteiger partial charge in [0.1, 0.15) is 17.3 Å². The minimum Gasteiger partial charge on any atom is -0.457 e. The third-order valence-electron chi connectivity index (χ3n) is 2.87. The maximum Gasteiger partial charge on any atom is 0.419 e. The second-order valence-electron chi connectivity index (χ2n) is 4.97. The molecule has 0 saturated carbocycles. The Kier molecular flexibility index (Phi) is 5.02. The van der Waals surface area contributed by atoms with E-state index in [1.54, 1.807) is 4.72 Å². The van der Waals surface area contributed by atoms with Gasteiger partial charge in [-0.15, -0.1) is 0 Å². The molecule has 2 rings (SSSR count). The Morgan fingerprint density at radius 1 is 1.04 bits per heavy atom. The number of carbonyl (C=O) groups is 1. The Balaban J connectivity index is 2.18. The zero-order valence-electron chi connectivity index (χ0n) is 12.6. The fourth-order valence-electron chi connectivity index (χ4n) is 1.82. The number of hydrogen-bond acceptors (Lipinski definition) is 4. The van der Waals surface area contributed by atoms with E-state index >= 15 is 0 Å². The number of rotatable bonds is 4. The number of halogens is 4. The predicted octanol–water partition coefficient (Wildman–Crippen LogP) is 3.33. The molecule has 0 aliphatic rings. The van der Waals surface area contributed by atoms with Crippen molar-refractivity contribution in [2.24, 2.45) is 0 Å². The summed E-state index contributed by atoms with van der Waals surface area (Å²) in [5, 5.41) is 0. The Morgan fingerprint density at radius 2 is 1.60 bits per heavy atom. The van der Waals surface area contributed by atoms with Crippen molar-refractivity contribution < 1.29 is 35.5 Å². The highest BCUT2D eigenvalue weighted by atomic mass is 32.2. The molecule has 0 aliphatic carbocycles. The van der Waals surface area contributed by atoms with Crippen LogP contribution in [0.2, 0.25) is 0 Å². The SMILES string of the molecule is CS(=O)(=O)NC(=O)c1ccc(Oc2ccc(F)c(C(F)(F)F)c2)cc1. The molecule has 0 aromatic heterocycles. The van der Waals surface area contributed by atoms with Gasteiger partial charge in [-0.05, 0) is 42.5 Å². The maximum atomic E-state index is 13.2. The van der Waals surface area contributed by atoms with Crippen LogP contribution in [0, 0.1) is 5.82 Å². The van der Waals surface area contributed by atoms with Crippen molar-refractivity contribution in [1.82, 2.24) is 4.72 Å².